The van der Waals surface area contributed by atoms with Gasteiger partial charge in [-0.15, -0.1) is 0 Å². The van der Waals surface area contributed by atoms with Gasteiger partial charge >= 0.3 is 0 Å². The molecule has 2 N–H and O–H groups in total. The fourth-order valence-electron chi connectivity index (χ4n) is 4.15. The largest absolute Gasteiger partial charge is 0.493 e. The quantitative estimate of drug-likeness (QED) is 0.545. The molecular formula is C26H31FN2O5. The molecule has 4 rings (SSSR count). The molecule has 7 nitrogen and oxygen atoms in total. The molecule has 1 aliphatic carbocycles. The Kier molecular flexibility index (Phi) is 8.38. The molecule has 1 aromatic rings. The summed E-state index contributed by atoms with van der Waals surface area (Å²) in [4.78, 5) is 14.9. The molecule has 2 aliphatic heterocycles. The summed E-state index contributed by atoms with van der Waals surface area (Å²) in [5.41, 5.74) is 0.998. The van der Waals surface area contributed by atoms with Gasteiger partial charge in [-0.3, -0.25) is 4.79 Å². The van der Waals surface area contributed by atoms with Crippen molar-refractivity contribution in [2.45, 2.75) is 44.2 Å². The number of hydrogen-bond acceptors (Lipinski definition) is 6. The Morgan fingerprint density at radius 2 is 2.00 bits per heavy atom. The summed E-state index contributed by atoms with van der Waals surface area (Å²) in [6.45, 7) is 2.48. The highest BCUT2D eigenvalue weighted by atomic mass is 19.1. The molecule has 1 amide bonds. The summed E-state index contributed by atoms with van der Waals surface area (Å²) in [6, 6.07) is 5.07. The van der Waals surface area contributed by atoms with E-state index in [4.69, 9.17) is 14.2 Å². The molecule has 0 saturated carbocycles. The number of aliphatic hydroxyl groups is 1. The van der Waals surface area contributed by atoms with Crippen molar-refractivity contribution in [2.24, 2.45) is 0 Å². The molecule has 0 bridgehead atoms. The molecule has 182 valence electrons. The maximum absolute atomic E-state index is 13.0. The first kappa shape index (κ1) is 24.0. The van der Waals surface area contributed by atoms with Crippen molar-refractivity contribution in [2.75, 3.05) is 26.2 Å². The first-order chi connectivity index (χ1) is 16.6. The lowest BCUT2D eigenvalue weighted by molar-refractivity contribution is -0.123. The minimum absolute atomic E-state index is 0.0986. The summed E-state index contributed by atoms with van der Waals surface area (Å²) in [5.74, 6) is 0.728. The highest BCUT2D eigenvalue weighted by Crippen LogP contribution is 2.28. The number of benzene rings is 1. The van der Waals surface area contributed by atoms with Gasteiger partial charge in [-0.05, 0) is 68.6 Å². The topological polar surface area (TPSA) is 80.3 Å². The van der Waals surface area contributed by atoms with Crippen LogP contribution in [-0.4, -0.2) is 54.3 Å². The molecule has 0 unspecified atom stereocenters. The lowest BCUT2D eigenvalue weighted by Crippen LogP contribution is -2.51. The number of aliphatic hydroxyl groups excluding tert-OH is 1. The van der Waals surface area contributed by atoms with Crippen LogP contribution >= 0.6 is 0 Å². The Bertz CT molecular complexity index is 964. The van der Waals surface area contributed by atoms with Crippen LogP contribution in [0.4, 0.5) is 4.39 Å². The molecule has 2 atom stereocenters. The van der Waals surface area contributed by atoms with E-state index in [9.17, 15) is 14.3 Å². The van der Waals surface area contributed by atoms with Crippen LogP contribution in [0.2, 0.25) is 0 Å². The van der Waals surface area contributed by atoms with Crippen LogP contribution in [0.5, 0.6) is 5.75 Å². The number of hydrogen-bond donors (Lipinski definition) is 2. The van der Waals surface area contributed by atoms with E-state index in [1.807, 2.05) is 12.2 Å². The number of nitrogens with one attached hydrogen (secondary N) is 1. The van der Waals surface area contributed by atoms with Gasteiger partial charge in [0.25, 0.3) is 0 Å². The molecule has 0 aromatic heterocycles. The zero-order valence-corrected chi connectivity index (χ0v) is 19.1. The Morgan fingerprint density at radius 1 is 1.21 bits per heavy atom. The number of halogens is 1. The molecule has 0 radical (unpaired) electrons. The van der Waals surface area contributed by atoms with Crippen LogP contribution in [0.15, 0.2) is 72.1 Å². The van der Waals surface area contributed by atoms with E-state index in [0.717, 1.165) is 44.3 Å². The van der Waals surface area contributed by atoms with Crippen LogP contribution < -0.4 is 10.1 Å². The van der Waals surface area contributed by atoms with E-state index in [2.05, 4.69) is 16.3 Å². The SMILES string of the molecule is O=C(CCOc1ccc(F)cc1)N[C@H](CN1CCCC1)[C@@H](O)C1=COC=C(C2=CC=CCC2)O1. The maximum Gasteiger partial charge on any atom is 0.223 e. The van der Waals surface area contributed by atoms with Crippen LogP contribution in [0.1, 0.15) is 32.1 Å². The summed E-state index contributed by atoms with van der Waals surface area (Å²) in [5, 5.41) is 14.1. The molecule has 1 saturated heterocycles. The third kappa shape index (κ3) is 6.71. The smallest absolute Gasteiger partial charge is 0.223 e. The highest BCUT2D eigenvalue weighted by Gasteiger charge is 2.31. The van der Waals surface area contributed by atoms with Crippen molar-refractivity contribution in [1.82, 2.24) is 10.2 Å². The molecule has 0 spiro atoms. The van der Waals surface area contributed by atoms with E-state index in [-0.39, 0.29) is 30.5 Å². The van der Waals surface area contributed by atoms with Crippen LogP contribution in [-0.2, 0) is 14.3 Å². The van der Waals surface area contributed by atoms with E-state index >= 15 is 0 Å². The average Bonchev–Trinajstić information content (AvgIpc) is 3.38. The Hall–Kier alpha value is -3.10. The molecule has 34 heavy (non-hydrogen) atoms. The summed E-state index contributed by atoms with van der Waals surface area (Å²) >= 11 is 0. The first-order valence-corrected chi connectivity index (χ1v) is 11.8. The van der Waals surface area contributed by atoms with Gasteiger partial charge in [0.15, 0.2) is 11.5 Å². The first-order valence-electron chi connectivity index (χ1n) is 11.8. The summed E-state index contributed by atoms with van der Waals surface area (Å²) in [6.07, 6.45) is 11.9. The second-order valence-corrected chi connectivity index (χ2v) is 8.58. The van der Waals surface area contributed by atoms with Gasteiger partial charge in [0, 0.05) is 6.54 Å². The normalized spacial score (nSPS) is 19.8. The van der Waals surface area contributed by atoms with E-state index < -0.39 is 12.1 Å². The fraction of sp³-hybridized carbons (Fsp3) is 0.423. The minimum Gasteiger partial charge on any atom is -0.493 e. The summed E-state index contributed by atoms with van der Waals surface area (Å²) in [7, 11) is 0. The van der Waals surface area contributed by atoms with Crippen molar-refractivity contribution in [3.8, 4) is 5.75 Å². The Balaban J connectivity index is 1.35. The van der Waals surface area contributed by atoms with Crippen molar-refractivity contribution >= 4 is 5.91 Å². The lowest BCUT2D eigenvalue weighted by Gasteiger charge is -2.30. The van der Waals surface area contributed by atoms with E-state index in [1.54, 1.807) is 0 Å². The highest BCUT2D eigenvalue weighted by molar-refractivity contribution is 5.76. The van der Waals surface area contributed by atoms with Gasteiger partial charge in [0.05, 0.1) is 19.1 Å². The van der Waals surface area contributed by atoms with Gasteiger partial charge in [-0.1, -0.05) is 18.2 Å². The van der Waals surface area contributed by atoms with E-state index in [0.29, 0.717) is 18.1 Å². The predicted molar refractivity (Wildman–Crippen MR) is 125 cm³/mol. The monoisotopic (exact) mass is 470 g/mol. The molecule has 3 aliphatic rings. The third-order valence-corrected chi connectivity index (χ3v) is 6.00. The number of carbonyl (C=O) groups is 1. The number of allylic oxidation sites excluding steroid dienone is 4. The van der Waals surface area contributed by atoms with Crippen molar-refractivity contribution in [3.63, 3.8) is 0 Å². The number of rotatable bonds is 10. The average molecular weight is 471 g/mol. The molecule has 1 fully saturated rings. The number of nitrogens with zero attached hydrogens (tertiary/aromatic N) is 1. The molecule has 1 aromatic carbocycles. The predicted octanol–water partition coefficient (Wildman–Crippen LogP) is 3.54. The third-order valence-electron chi connectivity index (χ3n) is 6.00. The molecule has 2 heterocycles. The second kappa shape index (κ2) is 11.9. The van der Waals surface area contributed by atoms with Crippen LogP contribution in [0.25, 0.3) is 0 Å². The molecular weight excluding hydrogens is 439 g/mol. The van der Waals surface area contributed by atoms with Crippen LogP contribution in [0, 0.1) is 5.82 Å². The van der Waals surface area contributed by atoms with Gasteiger partial charge in [0.1, 0.15) is 30.2 Å². The van der Waals surface area contributed by atoms with Crippen molar-refractivity contribution in [1.29, 1.82) is 0 Å². The fourth-order valence-corrected chi connectivity index (χ4v) is 4.15. The number of carbonyl (C=O) groups excluding carboxylic acids is 1. The van der Waals surface area contributed by atoms with Gasteiger partial charge in [0.2, 0.25) is 5.91 Å². The Morgan fingerprint density at radius 3 is 2.74 bits per heavy atom. The minimum atomic E-state index is -1.08. The number of likely N-dealkylation sites (tertiary alicyclic amines) is 1. The van der Waals surface area contributed by atoms with Gasteiger partial charge < -0.3 is 29.5 Å². The maximum atomic E-state index is 13.0. The van der Waals surface area contributed by atoms with Gasteiger partial charge in [-0.2, -0.15) is 0 Å². The van der Waals surface area contributed by atoms with Gasteiger partial charge in [-0.25, -0.2) is 4.39 Å². The molecule has 8 heteroatoms. The summed E-state index contributed by atoms with van der Waals surface area (Å²) < 4.78 is 30.0. The number of amides is 1. The Labute approximate surface area is 199 Å². The van der Waals surface area contributed by atoms with Crippen LogP contribution in [0.3, 0.4) is 0 Å². The van der Waals surface area contributed by atoms with E-state index in [1.165, 1.54) is 36.8 Å². The second-order valence-electron chi connectivity index (χ2n) is 8.58. The van der Waals surface area contributed by atoms with Crippen molar-refractivity contribution in [3.05, 3.63) is 77.9 Å². The lowest BCUT2D eigenvalue weighted by atomic mass is 10.0. The number of ether oxygens (including phenoxy) is 3. The standard InChI is InChI=1S/C26H31FN2O5/c27-20-8-10-21(11-9-20)33-15-12-25(30)28-22(16-29-13-4-5-14-29)26(31)24-18-32-17-23(34-24)19-6-2-1-3-7-19/h1-2,6,8-11,17-18,22,26,31H,3-5,7,12-16H2,(H,28,30)/t22-,26-/m1/s1. The zero-order valence-electron chi connectivity index (χ0n) is 19.1. The zero-order chi connectivity index (χ0) is 23.8. The van der Waals surface area contributed by atoms with Crippen molar-refractivity contribution < 1.29 is 28.5 Å².